The van der Waals surface area contributed by atoms with E-state index in [-0.39, 0.29) is 18.2 Å². The molecule has 0 spiro atoms. The number of aliphatic hydroxyl groups is 1. The van der Waals surface area contributed by atoms with Gasteiger partial charge in [0.05, 0.1) is 25.0 Å². The van der Waals surface area contributed by atoms with Crippen molar-refractivity contribution in [2.45, 2.75) is 26.0 Å². The molecule has 1 fully saturated rings. The van der Waals surface area contributed by atoms with Crippen molar-refractivity contribution in [3.05, 3.63) is 29.6 Å². The van der Waals surface area contributed by atoms with Crippen molar-refractivity contribution in [2.75, 3.05) is 31.2 Å². The number of anilines is 1. The number of carbonyl (C=O) groups excluding carboxylic acids is 1. The van der Waals surface area contributed by atoms with Crippen LogP contribution in [0.5, 0.6) is 0 Å². The lowest BCUT2D eigenvalue weighted by molar-refractivity contribution is -0.124. The highest BCUT2D eigenvalue weighted by Gasteiger charge is 2.32. The number of rotatable bonds is 4. The van der Waals surface area contributed by atoms with Crippen molar-refractivity contribution in [1.29, 1.82) is 0 Å². The van der Waals surface area contributed by atoms with Crippen molar-refractivity contribution in [3.63, 3.8) is 0 Å². The molecule has 21 heavy (non-hydrogen) atoms. The fourth-order valence-corrected chi connectivity index (χ4v) is 2.55. The Hall–Kier alpha value is -1.66. The lowest BCUT2D eigenvalue weighted by Crippen LogP contribution is -2.54. The van der Waals surface area contributed by atoms with Gasteiger partial charge in [-0.05, 0) is 19.9 Å². The maximum atomic E-state index is 14.3. The minimum Gasteiger partial charge on any atom is -0.389 e. The number of hydrogen-bond donors (Lipinski definition) is 2. The number of amides is 1. The molecule has 0 radical (unpaired) electrons. The highest BCUT2D eigenvalue weighted by atomic mass is 19.1. The summed E-state index contributed by atoms with van der Waals surface area (Å²) < 4.78 is 19.6. The Morgan fingerprint density at radius 1 is 1.62 bits per heavy atom. The van der Waals surface area contributed by atoms with Crippen LogP contribution in [-0.4, -0.2) is 43.4 Å². The van der Waals surface area contributed by atoms with Gasteiger partial charge < -0.3 is 20.1 Å². The molecule has 1 aromatic rings. The lowest BCUT2D eigenvalue weighted by atomic mass is 10.0. The number of nitrogens with zero attached hydrogens (tertiary/aromatic N) is 1. The lowest BCUT2D eigenvalue weighted by Gasteiger charge is -2.37. The zero-order chi connectivity index (χ0) is 15.4. The van der Waals surface area contributed by atoms with Crippen molar-refractivity contribution >= 4 is 11.6 Å². The van der Waals surface area contributed by atoms with E-state index in [2.05, 4.69) is 5.32 Å². The Labute approximate surface area is 123 Å². The molecular formula is C15H21FN2O3. The van der Waals surface area contributed by atoms with Gasteiger partial charge in [0.15, 0.2) is 0 Å². The van der Waals surface area contributed by atoms with Crippen LogP contribution in [0.15, 0.2) is 18.2 Å². The highest BCUT2D eigenvalue weighted by Crippen LogP contribution is 2.31. The van der Waals surface area contributed by atoms with E-state index < -0.39 is 18.0 Å². The number of benzene rings is 1. The number of para-hydroxylation sites is 1. The molecule has 1 aliphatic heterocycles. The van der Waals surface area contributed by atoms with E-state index in [0.717, 1.165) is 0 Å². The summed E-state index contributed by atoms with van der Waals surface area (Å²) in [6, 6.07) is 3.98. The Morgan fingerprint density at radius 3 is 3.05 bits per heavy atom. The summed E-state index contributed by atoms with van der Waals surface area (Å²) in [5, 5.41) is 12.6. The third-order valence-electron chi connectivity index (χ3n) is 3.54. The molecule has 0 bridgehead atoms. The molecule has 0 aromatic heterocycles. The van der Waals surface area contributed by atoms with Gasteiger partial charge in [-0.2, -0.15) is 0 Å². The average Bonchev–Trinajstić information content (AvgIpc) is 2.47. The first kappa shape index (κ1) is 15.7. The highest BCUT2D eigenvalue weighted by molar-refractivity contribution is 5.86. The third-order valence-corrected chi connectivity index (χ3v) is 3.54. The molecule has 0 aliphatic carbocycles. The molecule has 1 heterocycles. The van der Waals surface area contributed by atoms with Crippen LogP contribution in [0.3, 0.4) is 0 Å². The van der Waals surface area contributed by atoms with E-state index in [1.54, 1.807) is 24.0 Å². The van der Waals surface area contributed by atoms with E-state index in [9.17, 15) is 14.3 Å². The van der Waals surface area contributed by atoms with Crippen LogP contribution in [0.1, 0.15) is 25.5 Å². The molecule has 2 N–H and O–H groups in total. The van der Waals surface area contributed by atoms with Gasteiger partial charge in [-0.25, -0.2) is 4.39 Å². The van der Waals surface area contributed by atoms with Gasteiger partial charge in [-0.3, -0.25) is 4.79 Å². The van der Waals surface area contributed by atoms with E-state index in [1.807, 2.05) is 6.92 Å². The summed E-state index contributed by atoms with van der Waals surface area (Å²) >= 11 is 0. The molecule has 1 unspecified atom stereocenters. The molecule has 2 rings (SSSR count). The zero-order valence-electron chi connectivity index (χ0n) is 12.3. The Balaban J connectivity index is 2.40. The average molecular weight is 296 g/mol. The summed E-state index contributed by atoms with van der Waals surface area (Å²) in [7, 11) is 0. The maximum Gasteiger partial charge on any atom is 0.245 e. The second kappa shape index (κ2) is 6.87. The second-order valence-corrected chi connectivity index (χ2v) is 5.03. The van der Waals surface area contributed by atoms with Gasteiger partial charge in [-0.1, -0.05) is 12.1 Å². The van der Waals surface area contributed by atoms with E-state index >= 15 is 0 Å². The van der Waals surface area contributed by atoms with Gasteiger partial charge >= 0.3 is 0 Å². The molecule has 1 aromatic carbocycles. The number of halogens is 1. The SMILES string of the molecule is CCNC(=O)C1COCCN1c1c(F)cccc1[C@@H](C)O. The van der Waals surface area contributed by atoms with E-state index in [0.29, 0.717) is 25.3 Å². The van der Waals surface area contributed by atoms with Crippen molar-refractivity contribution in [3.8, 4) is 0 Å². The summed E-state index contributed by atoms with van der Waals surface area (Å²) in [5.41, 5.74) is 0.762. The minimum absolute atomic E-state index is 0.197. The largest absolute Gasteiger partial charge is 0.389 e. The number of aliphatic hydroxyl groups excluding tert-OH is 1. The summed E-state index contributed by atoms with van der Waals surface area (Å²) in [6.45, 7) is 4.95. The standard InChI is InChI=1S/C15H21FN2O3/c1-3-17-15(20)13-9-21-8-7-18(13)14-11(10(2)19)5-4-6-12(14)16/h4-6,10,13,19H,3,7-9H2,1-2H3,(H,17,20)/t10-,13?/m1/s1. The number of carbonyl (C=O) groups is 1. The van der Waals surface area contributed by atoms with Crippen LogP contribution in [0, 0.1) is 5.82 Å². The van der Waals surface area contributed by atoms with Gasteiger partial charge in [-0.15, -0.1) is 0 Å². The molecule has 1 saturated heterocycles. The van der Waals surface area contributed by atoms with Gasteiger partial charge in [0.2, 0.25) is 5.91 Å². The fourth-order valence-electron chi connectivity index (χ4n) is 2.55. The smallest absolute Gasteiger partial charge is 0.245 e. The van der Waals surface area contributed by atoms with Crippen LogP contribution < -0.4 is 10.2 Å². The predicted molar refractivity (Wildman–Crippen MR) is 77.7 cm³/mol. The van der Waals surface area contributed by atoms with Gasteiger partial charge in [0, 0.05) is 18.7 Å². The fraction of sp³-hybridized carbons (Fsp3) is 0.533. The van der Waals surface area contributed by atoms with Gasteiger partial charge in [0.25, 0.3) is 0 Å². The number of ether oxygens (including phenoxy) is 1. The quantitative estimate of drug-likeness (QED) is 0.877. The van der Waals surface area contributed by atoms with Crippen LogP contribution in [0.2, 0.25) is 0 Å². The first-order valence-electron chi connectivity index (χ1n) is 7.14. The first-order valence-corrected chi connectivity index (χ1v) is 7.14. The van der Waals surface area contributed by atoms with Crippen LogP contribution in [0.25, 0.3) is 0 Å². The predicted octanol–water partition coefficient (Wildman–Crippen LogP) is 1.22. The third kappa shape index (κ3) is 3.33. The van der Waals surface area contributed by atoms with Crippen molar-refractivity contribution in [2.24, 2.45) is 0 Å². The van der Waals surface area contributed by atoms with Crippen LogP contribution >= 0.6 is 0 Å². The monoisotopic (exact) mass is 296 g/mol. The molecule has 1 aliphatic rings. The molecule has 0 saturated carbocycles. The van der Waals surface area contributed by atoms with E-state index in [1.165, 1.54) is 6.07 Å². The van der Waals surface area contributed by atoms with Crippen LogP contribution in [0.4, 0.5) is 10.1 Å². The summed E-state index contributed by atoms with van der Waals surface area (Å²) in [4.78, 5) is 13.8. The molecule has 2 atom stereocenters. The Kier molecular flexibility index (Phi) is 5.14. The molecular weight excluding hydrogens is 275 g/mol. The molecule has 5 nitrogen and oxygen atoms in total. The Morgan fingerprint density at radius 2 is 2.38 bits per heavy atom. The van der Waals surface area contributed by atoms with Crippen LogP contribution in [-0.2, 0) is 9.53 Å². The number of likely N-dealkylation sites (N-methyl/N-ethyl adjacent to an activating group) is 1. The number of hydrogen-bond acceptors (Lipinski definition) is 4. The maximum absolute atomic E-state index is 14.3. The zero-order valence-corrected chi connectivity index (χ0v) is 12.3. The summed E-state index contributed by atoms with van der Waals surface area (Å²) in [6.07, 6.45) is -0.812. The molecule has 6 heteroatoms. The first-order chi connectivity index (χ1) is 10.1. The van der Waals surface area contributed by atoms with E-state index in [4.69, 9.17) is 4.74 Å². The number of nitrogens with one attached hydrogen (secondary N) is 1. The topological polar surface area (TPSA) is 61.8 Å². The van der Waals surface area contributed by atoms with Crippen molar-refractivity contribution < 1.29 is 19.0 Å². The molecule has 116 valence electrons. The minimum atomic E-state index is -0.812. The molecule has 1 amide bonds. The van der Waals surface area contributed by atoms with Gasteiger partial charge in [0.1, 0.15) is 11.9 Å². The number of morpholine rings is 1. The Bertz CT molecular complexity index is 508. The normalized spacial score (nSPS) is 20.2. The van der Waals surface area contributed by atoms with Crippen molar-refractivity contribution in [1.82, 2.24) is 5.32 Å². The second-order valence-electron chi connectivity index (χ2n) is 5.03. The summed E-state index contributed by atoms with van der Waals surface area (Å²) in [5.74, 6) is -0.637.